The molecule has 0 saturated carbocycles. The van der Waals surface area contributed by atoms with Crippen LogP contribution in [-0.2, 0) is 11.2 Å². The summed E-state index contributed by atoms with van der Waals surface area (Å²) in [5.74, 6) is 1.44. The highest BCUT2D eigenvalue weighted by atomic mass is 35.5. The number of hydrogen-bond acceptors (Lipinski definition) is 4. The number of nitrogens with zero attached hydrogens (tertiary/aromatic N) is 2. The SMILES string of the molecule is CC1=CN2C=C(c3cccc(Cl)c3)CC=C2C(c2cc(F)c3c(c2C)CCCO3)=C1C(=O)C(C#N)=S1CCCC1. The number of benzene rings is 2. The van der Waals surface area contributed by atoms with E-state index >= 15 is 4.39 Å². The van der Waals surface area contributed by atoms with Crippen LogP contribution in [0.5, 0.6) is 5.75 Å². The topological polar surface area (TPSA) is 53.3 Å². The number of nitriles is 1. The maximum atomic E-state index is 15.5. The molecule has 0 amide bonds. The second-order valence-electron chi connectivity index (χ2n) is 10.6. The highest BCUT2D eigenvalue weighted by molar-refractivity contribution is 8.17. The summed E-state index contributed by atoms with van der Waals surface area (Å²) in [6.07, 6.45) is 10.3. The van der Waals surface area contributed by atoms with Crippen LogP contribution in [0.2, 0.25) is 5.02 Å². The van der Waals surface area contributed by atoms with Crippen molar-refractivity contribution in [3.63, 3.8) is 0 Å². The minimum Gasteiger partial charge on any atom is -0.490 e. The lowest BCUT2D eigenvalue weighted by molar-refractivity contribution is -0.109. The summed E-state index contributed by atoms with van der Waals surface area (Å²) in [5, 5.41) is 10.8. The molecule has 2 aromatic rings. The molecule has 0 unspecified atom stereocenters. The Morgan fingerprint density at radius 3 is 2.70 bits per heavy atom. The van der Waals surface area contributed by atoms with Gasteiger partial charge in [-0.2, -0.15) is 15.7 Å². The van der Waals surface area contributed by atoms with Crippen LogP contribution in [0.1, 0.15) is 54.9 Å². The summed E-state index contributed by atoms with van der Waals surface area (Å²) in [7, 11) is -0.344. The van der Waals surface area contributed by atoms with E-state index < -0.39 is 5.82 Å². The van der Waals surface area contributed by atoms with Gasteiger partial charge >= 0.3 is 0 Å². The first-order valence-corrected chi connectivity index (χ1v) is 15.6. The second kappa shape index (κ2) is 10.9. The molecule has 0 bridgehead atoms. The van der Waals surface area contributed by atoms with Crippen molar-refractivity contribution in [3.05, 3.63) is 98.7 Å². The molecule has 0 N–H and O–H groups in total. The van der Waals surface area contributed by atoms with E-state index in [1.165, 1.54) is 6.07 Å². The molecule has 0 spiro atoms. The van der Waals surface area contributed by atoms with Crippen molar-refractivity contribution in [2.24, 2.45) is 0 Å². The van der Waals surface area contributed by atoms with Crippen molar-refractivity contribution in [1.29, 1.82) is 5.26 Å². The second-order valence-corrected chi connectivity index (χ2v) is 13.2. The molecule has 4 heterocycles. The molecule has 2 aromatic carbocycles. The number of ether oxygens (including phenoxy) is 1. The fourth-order valence-corrected chi connectivity index (χ4v) is 8.52. The maximum Gasteiger partial charge on any atom is 0.210 e. The monoisotopic (exact) mass is 572 g/mol. The lowest BCUT2D eigenvalue weighted by Gasteiger charge is -2.35. The predicted octanol–water partition coefficient (Wildman–Crippen LogP) is 7.74. The zero-order chi connectivity index (χ0) is 28.0. The number of allylic oxidation sites excluding steroid dienone is 5. The Kier molecular flexibility index (Phi) is 7.29. The van der Waals surface area contributed by atoms with Gasteiger partial charge in [0, 0.05) is 39.8 Å². The van der Waals surface area contributed by atoms with Gasteiger partial charge < -0.3 is 9.64 Å². The van der Waals surface area contributed by atoms with Crippen molar-refractivity contribution in [2.75, 3.05) is 18.1 Å². The van der Waals surface area contributed by atoms with E-state index in [0.717, 1.165) is 70.7 Å². The normalized spacial score (nSPS) is 18.7. The molecular formula is C33H30ClFN2O2S. The van der Waals surface area contributed by atoms with Gasteiger partial charge in [-0.05, 0) is 103 Å². The van der Waals surface area contributed by atoms with Crippen LogP contribution in [0.15, 0.2) is 65.7 Å². The first kappa shape index (κ1) is 26.8. The Bertz CT molecular complexity index is 1650. The third-order valence-corrected chi connectivity index (χ3v) is 10.7. The molecule has 4 nitrogen and oxygen atoms in total. The van der Waals surface area contributed by atoms with Gasteiger partial charge in [0.05, 0.1) is 6.61 Å². The van der Waals surface area contributed by atoms with Crippen molar-refractivity contribution in [3.8, 4) is 11.8 Å². The lowest BCUT2D eigenvalue weighted by Crippen LogP contribution is -2.27. The van der Waals surface area contributed by atoms with Gasteiger partial charge in [-0.15, -0.1) is 0 Å². The van der Waals surface area contributed by atoms with Crippen LogP contribution in [-0.4, -0.2) is 33.7 Å². The van der Waals surface area contributed by atoms with Gasteiger partial charge in [0.15, 0.2) is 11.6 Å². The van der Waals surface area contributed by atoms with Gasteiger partial charge in [-0.25, -0.2) is 4.39 Å². The number of halogens is 2. The molecular weight excluding hydrogens is 543 g/mol. The highest BCUT2D eigenvalue weighted by Gasteiger charge is 2.34. The van der Waals surface area contributed by atoms with Crippen LogP contribution in [0.3, 0.4) is 0 Å². The van der Waals surface area contributed by atoms with E-state index in [4.69, 9.17) is 16.3 Å². The molecule has 0 aromatic heterocycles. The number of fused-ring (bicyclic) bond motifs is 2. The standard InChI is InChI=1S/C33H30ClFN2O2S/c1-20-18-37-19-23(22-7-5-8-24(34)15-22)10-11-28(37)31(30(20)32(38)29(17-36)40-13-3-4-14-40)26-16-27(35)33-25(21(26)2)9-6-12-39-33/h5,7-8,11,15-16,18-19H,3-4,6,9-10,12-14H2,1-2H3. The molecule has 0 radical (unpaired) electrons. The van der Waals surface area contributed by atoms with Crippen LogP contribution in [0.25, 0.3) is 11.1 Å². The summed E-state index contributed by atoms with van der Waals surface area (Å²) in [5.41, 5.74) is 7.33. The zero-order valence-corrected chi connectivity index (χ0v) is 24.2. The van der Waals surface area contributed by atoms with E-state index in [2.05, 4.69) is 18.3 Å². The Morgan fingerprint density at radius 2 is 1.95 bits per heavy atom. The maximum absolute atomic E-state index is 15.5. The van der Waals surface area contributed by atoms with Crippen molar-refractivity contribution in [1.82, 2.24) is 4.90 Å². The number of rotatable bonds is 4. The number of carbonyl (C=O) groups excluding carboxylic acids is 1. The fourth-order valence-electron chi connectivity index (χ4n) is 6.12. The summed E-state index contributed by atoms with van der Waals surface area (Å²) in [6.45, 7) is 4.39. The lowest BCUT2D eigenvalue weighted by atomic mass is 9.82. The van der Waals surface area contributed by atoms with Crippen LogP contribution < -0.4 is 4.74 Å². The van der Waals surface area contributed by atoms with E-state index in [1.54, 1.807) is 0 Å². The molecule has 0 atom stereocenters. The average molecular weight is 573 g/mol. The van der Waals surface area contributed by atoms with Gasteiger partial charge in [0.2, 0.25) is 5.78 Å². The third-order valence-electron chi connectivity index (χ3n) is 8.08. The molecule has 1 saturated heterocycles. The Hall–Kier alpha value is -3.40. The van der Waals surface area contributed by atoms with Crippen LogP contribution >= 0.6 is 22.1 Å². The third kappa shape index (κ3) is 4.66. The van der Waals surface area contributed by atoms with E-state index in [1.807, 2.05) is 49.2 Å². The van der Waals surface area contributed by atoms with Gasteiger partial charge in [0.1, 0.15) is 10.9 Å². The minimum atomic E-state index is -0.415. The smallest absolute Gasteiger partial charge is 0.210 e. The Morgan fingerprint density at radius 1 is 1.15 bits per heavy atom. The Balaban J connectivity index is 1.56. The molecule has 204 valence electrons. The zero-order valence-electron chi connectivity index (χ0n) is 22.7. The van der Waals surface area contributed by atoms with Gasteiger partial charge in [0.25, 0.3) is 0 Å². The largest absolute Gasteiger partial charge is 0.490 e. The number of hydrogen-bond donors (Lipinski definition) is 0. The molecule has 4 aliphatic rings. The fraction of sp³-hybridized carbons (Fsp3) is 0.303. The average Bonchev–Trinajstić information content (AvgIpc) is 3.49. The van der Waals surface area contributed by atoms with Crippen LogP contribution in [0.4, 0.5) is 4.39 Å². The molecule has 7 heteroatoms. The molecule has 1 fully saturated rings. The first-order chi connectivity index (χ1) is 19.4. The molecule has 0 aliphatic carbocycles. The van der Waals surface area contributed by atoms with E-state index in [9.17, 15) is 10.1 Å². The molecule has 40 heavy (non-hydrogen) atoms. The molecule has 6 rings (SSSR count). The predicted molar refractivity (Wildman–Crippen MR) is 162 cm³/mol. The number of carbonyl (C=O) groups is 1. The summed E-state index contributed by atoms with van der Waals surface area (Å²) < 4.78 is 21.3. The number of Topliss-reactive ketones (excluding diaryl/α,β-unsaturated/α-hetero) is 1. The van der Waals surface area contributed by atoms with E-state index in [0.29, 0.717) is 45.4 Å². The first-order valence-electron chi connectivity index (χ1n) is 13.7. The van der Waals surface area contributed by atoms with Gasteiger partial charge in [-0.1, -0.05) is 29.8 Å². The van der Waals surface area contributed by atoms with E-state index in [-0.39, 0.29) is 16.3 Å². The van der Waals surface area contributed by atoms with Crippen molar-refractivity contribution in [2.45, 2.75) is 46.0 Å². The van der Waals surface area contributed by atoms with Crippen LogP contribution in [0, 0.1) is 24.1 Å². The summed E-state index contributed by atoms with van der Waals surface area (Å²) in [4.78, 5) is 16.6. The summed E-state index contributed by atoms with van der Waals surface area (Å²) >= 11 is 6.28. The number of ketones is 1. The van der Waals surface area contributed by atoms with Gasteiger partial charge in [-0.3, -0.25) is 4.79 Å². The molecule has 4 aliphatic heterocycles. The minimum absolute atomic E-state index is 0.226. The Labute approximate surface area is 242 Å². The quantitative estimate of drug-likeness (QED) is 0.352. The van der Waals surface area contributed by atoms with Crippen molar-refractivity contribution < 1.29 is 13.9 Å². The summed E-state index contributed by atoms with van der Waals surface area (Å²) in [6, 6.07) is 11.6. The highest BCUT2D eigenvalue weighted by Crippen LogP contribution is 2.45. The van der Waals surface area contributed by atoms with Crippen molar-refractivity contribution >= 4 is 43.9 Å².